The predicted octanol–water partition coefficient (Wildman–Crippen LogP) is 1.39. The number of nitrogens with one attached hydrogen (secondary N) is 2. The van der Waals surface area contributed by atoms with E-state index in [-0.39, 0.29) is 5.82 Å². The number of anilines is 2. The minimum atomic E-state index is -0.497. The summed E-state index contributed by atoms with van der Waals surface area (Å²) in [6.07, 6.45) is 1.63. The maximum absolute atomic E-state index is 13.5. The van der Waals surface area contributed by atoms with Gasteiger partial charge in [-0.1, -0.05) is 5.16 Å². The SMILES string of the molecule is CCNc1ncc(F)c(NCCc2nc(C)no2)n1. The zero-order valence-corrected chi connectivity index (χ0v) is 10.8. The second kappa shape index (κ2) is 6.07. The van der Waals surface area contributed by atoms with Crippen LogP contribution >= 0.6 is 0 Å². The Balaban J connectivity index is 1.93. The van der Waals surface area contributed by atoms with Crippen LogP contribution in [-0.2, 0) is 6.42 Å². The molecular formula is C11H15FN6O. The molecule has 2 aromatic heterocycles. The van der Waals surface area contributed by atoms with Crippen molar-refractivity contribution < 1.29 is 8.91 Å². The Morgan fingerprint density at radius 3 is 2.84 bits per heavy atom. The molecule has 0 bridgehead atoms. The Labute approximate surface area is 109 Å². The Bertz CT molecular complexity index is 544. The first-order valence-corrected chi connectivity index (χ1v) is 5.98. The molecule has 0 atom stereocenters. The van der Waals surface area contributed by atoms with E-state index in [1.807, 2.05) is 6.92 Å². The molecule has 2 aromatic rings. The Morgan fingerprint density at radius 2 is 2.16 bits per heavy atom. The van der Waals surface area contributed by atoms with E-state index in [4.69, 9.17) is 4.52 Å². The number of nitrogens with zero attached hydrogens (tertiary/aromatic N) is 4. The molecule has 2 rings (SSSR count). The van der Waals surface area contributed by atoms with Gasteiger partial charge in [-0.25, -0.2) is 9.37 Å². The molecule has 0 spiro atoms. The third kappa shape index (κ3) is 3.60. The van der Waals surface area contributed by atoms with E-state index < -0.39 is 5.82 Å². The minimum Gasteiger partial charge on any atom is -0.367 e. The van der Waals surface area contributed by atoms with Gasteiger partial charge in [-0.3, -0.25) is 0 Å². The Kier molecular flexibility index (Phi) is 4.22. The molecule has 102 valence electrons. The summed E-state index contributed by atoms with van der Waals surface area (Å²) in [5, 5.41) is 9.47. The molecule has 0 saturated carbocycles. The van der Waals surface area contributed by atoms with E-state index in [0.717, 1.165) is 6.20 Å². The maximum Gasteiger partial charge on any atom is 0.228 e. The highest BCUT2D eigenvalue weighted by Crippen LogP contribution is 2.11. The monoisotopic (exact) mass is 266 g/mol. The van der Waals surface area contributed by atoms with Crippen LogP contribution in [0.25, 0.3) is 0 Å². The molecule has 2 heterocycles. The molecule has 0 aliphatic heterocycles. The van der Waals surface area contributed by atoms with Crippen LogP contribution in [0.4, 0.5) is 16.2 Å². The quantitative estimate of drug-likeness (QED) is 0.816. The van der Waals surface area contributed by atoms with E-state index in [0.29, 0.717) is 37.2 Å². The van der Waals surface area contributed by atoms with E-state index in [2.05, 4.69) is 30.7 Å². The number of hydrogen-bond donors (Lipinski definition) is 2. The lowest BCUT2D eigenvalue weighted by Crippen LogP contribution is -2.11. The fourth-order valence-electron chi connectivity index (χ4n) is 1.46. The average Bonchev–Trinajstić information content (AvgIpc) is 2.79. The van der Waals surface area contributed by atoms with Crippen LogP contribution in [0.3, 0.4) is 0 Å². The molecule has 0 aliphatic rings. The Hall–Kier alpha value is -2.25. The number of rotatable bonds is 6. The van der Waals surface area contributed by atoms with Crippen LogP contribution in [-0.4, -0.2) is 33.2 Å². The largest absolute Gasteiger partial charge is 0.367 e. The van der Waals surface area contributed by atoms with Crippen molar-refractivity contribution in [3.05, 3.63) is 23.7 Å². The third-order valence-corrected chi connectivity index (χ3v) is 2.28. The highest BCUT2D eigenvalue weighted by atomic mass is 19.1. The van der Waals surface area contributed by atoms with Crippen molar-refractivity contribution in [2.24, 2.45) is 0 Å². The summed E-state index contributed by atoms with van der Waals surface area (Å²) in [5.74, 6) is 1.13. The lowest BCUT2D eigenvalue weighted by Gasteiger charge is -2.07. The summed E-state index contributed by atoms with van der Waals surface area (Å²) in [5.41, 5.74) is 0. The van der Waals surface area contributed by atoms with Crippen molar-refractivity contribution in [2.75, 3.05) is 23.7 Å². The fraction of sp³-hybridized carbons (Fsp3) is 0.455. The van der Waals surface area contributed by atoms with Gasteiger partial charge in [0.2, 0.25) is 11.8 Å². The summed E-state index contributed by atoms with van der Waals surface area (Å²) in [4.78, 5) is 11.9. The summed E-state index contributed by atoms with van der Waals surface area (Å²) in [7, 11) is 0. The van der Waals surface area contributed by atoms with Crippen molar-refractivity contribution in [2.45, 2.75) is 20.3 Å². The predicted molar refractivity (Wildman–Crippen MR) is 67.4 cm³/mol. The van der Waals surface area contributed by atoms with Crippen molar-refractivity contribution in [1.82, 2.24) is 20.1 Å². The maximum atomic E-state index is 13.5. The first-order valence-electron chi connectivity index (χ1n) is 5.98. The summed E-state index contributed by atoms with van der Waals surface area (Å²) < 4.78 is 18.4. The molecule has 0 aliphatic carbocycles. The smallest absolute Gasteiger partial charge is 0.228 e. The van der Waals surface area contributed by atoms with Crippen molar-refractivity contribution in [3.63, 3.8) is 0 Å². The van der Waals surface area contributed by atoms with Crippen LogP contribution in [0.5, 0.6) is 0 Å². The van der Waals surface area contributed by atoms with E-state index in [1.54, 1.807) is 6.92 Å². The van der Waals surface area contributed by atoms with Crippen LogP contribution in [0.15, 0.2) is 10.7 Å². The molecular weight excluding hydrogens is 251 g/mol. The Morgan fingerprint density at radius 1 is 1.32 bits per heavy atom. The zero-order valence-electron chi connectivity index (χ0n) is 10.8. The number of hydrogen-bond acceptors (Lipinski definition) is 7. The first kappa shape index (κ1) is 13.2. The van der Waals surface area contributed by atoms with Gasteiger partial charge in [0, 0.05) is 19.5 Å². The van der Waals surface area contributed by atoms with E-state index in [1.165, 1.54) is 0 Å². The zero-order chi connectivity index (χ0) is 13.7. The minimum absolute atomic E-state index is 0.155. The molecule has 0 amide bonds. The van der Waals surface area contributed by atoms with Gasteiger partial charge in [0.15, 0.2) is 17.5 Å². The molecule has 0 saturated heterocycles. The second-order valence-electron chi connectivity index (χ2n) is 3.83. The van der Waals surface area contributed by atoms with E-state index in [9.17, 15) is 4.39 Å². The highest BCUT2D eigenvalue weighted by molar-refractivity contribution is 5.40. The topological polar surface area (TPSA) is 88.8 Å². The highest BCUT2D eigenvalue weighted by Gasteiger charge is 2.07. The first-order chi connectivity index (χ1) is 9.19. The molecule has 0 fully saturated rings. The van der Waals surface area contributed by atoms with Crippen molar-refractivity contribution in [3.8, 4) is 0 Å². The van der Waals surface area contributed by atoms with Gasteiger partial charge in [-0.2, -0.15) is 9.97 Å². The van der Waals surface area contributed by atoms with Gasteiger partial charge in [0.25, 0.3) is 0 Å². The van der Waals surface area contributed by atoms with Gasteiger partial charge in [0.1, 0.15) is 0 Å². The lowest BCUT2D eigenvalue weighted by atomic mass is 10.4. The number of halogens is 1. The lowest BCUT2D eigenvalue weighted by molar-refractivity contribution is 0.377. The van der Waals surface area contributed by atoms with Gasteiger partial charge in [-0.05, 0) is 13.8 Å². The van der Waals surface area contributed by atoms with Crippen molar-refractivity contribution in [1.29, 1.82) is 0 Å². The van der Waals surface area contributed by atoms with E-state index >= 15 is 0 Å². The molecule has 2 N–H and O–H groups in total. The molecule has 19 heavy (non-hydrogen) atoms. The average molecular weight is 266 g/mol. The van der Waals surface area contributed by atoms with Crippen LogP contribution in [0.1, 0.15) is 18.6 Å². The van der Waals surface area contributed by atoms with Gasteiger partial charge in [-0.15, -0.1) is 0 Å². The third-order valence-electron chi connectivity index (χ3n) is 2.28. The molecule has 0 radical (unpaired) electrons. The van der Waals surface area contributed by atoms with Crippen molar-refractivity contribution >= 4 is 11.8 Å². The van der Waals surface area contributed by atoms with Crippen LogP contribution in [0.2, 0.25) is 0 Å². The number of aromatic nitrogens is 4. The summed E-state index contributed by atoms with van der Waals surface area (Å²) in [6, 6.07) is 0. The van der Waals surface area contributed by atoms with Gasteiger partial charge in [0.05, 0.1) is 6.20 Å². The molecule has 0 aromatic carbocycles. The second-order valence-corrected chi connectivity index (χ2v) is 3.83. The van der Waals surface area contributed by atoms with Gasteiger partial charge >= 0.3 is 0 Å². The van der Waals surface area contributed by atoms with Crippen LogP contribution < -0.4 is 10.6 Å². The molecule has 0 unspecified atom stereocenters. The summed E-state index contributed by atoms with van der Waals surface area (Å²) >= 11 is 0. The fourth-order valence-corrected chi connectivity index (χ4v) is 1.46. The van der Waals surface area contributed by atoms with Crippen LogP contribution in [0, 0.1) is 12.7 Å². The molecule has 8 heteroatoms. The normalized spacial score (nSPS) is 10.5. The standard InChI is InChI=1S/C11H15FN6O/c1-3-13-11-15-6-8(12)10(17-11)14-5-4-9-16-7(2)18-19-9/h6H,3-5H2,1-2H3,(H2,13,14,15,17). The molecule has 7 nitrogen and oxygen atoms in total. The summed E-state index contributed by atoms with van der Waals surface area (Å²) in [6.45, 7) is 4.78. The van der Waals surface area contributed by atoms with Gasteiger partial charge < -0.3 is 15.2 Å². The number of aryl methyl sites for hydroxylation is 1.